The van der Waals surface area contributed by atoms with Crippen LogP contribution in [0, 0.1) is 11.3 Å². The lowest BCUT2D eigenvalue weighted by atomic mass is 9.98. The van der Waals surface area contributed by atoms with Gasteiger partial charge in [0.05, 0.1) is 29.2 Å². The highest BCUT2D eigenvalue weighted by atomic mass is 16.5. The number of morpholine rings is 1. The SMILES string of the molecule is N#Cc1cccc(-c2c[nH]c3ncnc(N4CC5CC(C4)O5)c23)c1. The summed E-state index contributed by atoms with van der Waals surface area (Å²) in [6.45, 7) is 1.73. The van der Waals surface area contributed by atoms with E-state index in [2.05, 4.69) is 25.9 Å². The van der Waals surface area contributed by atoms with Gasteiger partial charge < -0.3 is 14.6 Å². The standard InChI is InChI=1S/C18H15N5O/c19-6-11-2-1-3-12(4-11)15-7-20-17-16(15)18(22-10-21-17)23-8-13-5-14(9-23)24-13/h1-4,7,10,13-14H,5,8-9H2,(H,20,21,22). The molecule has 24 heavy (non-hydrogen) atoms. The lowest BCUT2D eigenvalue weighted by Crippen LogP contribution is -2.57. The van der Waals surface area contributed by atoms with E-state index < -0.39 is 0 Å². The van der Waals surface area contributed by atoms with E-state index in [1.807, 2.05) is 30.5 Å². The highest BCUT2D eigenvalue weighted by Gasteiger charge is 2.39. The zero-order chi connectivity index (χ0) is 16.1. The molecule has 118 valence electrons. The molecule has 6 rings (SSSR count). The van der Waals surface area contributed by atoms with Gasteiger partial charge in [-0.25, -0.2) is 9.97 Å². The molecular weight excluding hydrogens is 302 g/mol. The van der Waals surface area contributed by atoms with Gasteiger partial charge in [-0.05, 0) is 17.7 Å². The molecule has 1 N–H and O–H groups in total. The molecule has 3 aromatic rings. The third kappa shape index (κ3) is 1.99. The lowest BCUT2D eigenvalue weighted by Gasteiger charge is -2.47. The molecule has 3 saturated heterocycles. The smallest absolute Gasteiger partial charge is 0.143 e. The minimum absolute atomic E-state index is 0.318. The van der Waals surface area contributed by atoms with Crippen molar-refractivity contribution in [2.24, 2.45) is 0 Å². The summed E-state index contributed by atoms with van der Waals surface area (Å²) in [4.78, 5) is 14.5. The number of hydrogen-bond donors (Lipinski definition) is 1. The van der Waals surface area contributed by atoms with Gasteiger partial charge in [0.25, 0.3) is 0 Å². The van der Waals surface area contributed by atoms with Gasteiger partial charge >= 0.3 is 0 Å². The van der Waals surface area contributed by atoms with E-state index in [0.29, 0.717) is 17.8 Å². The second-order valence-corrected chi connectivity index (χ2v) is 6.34. The summed E-state index contributed by atoms with van der Waals surface area (Å²) in [5, 5.41) is 10.2. The fourth-order valence-electron chi connectivity index (χ4n) is 3.70. The van der Waals surface area contributed by atoms with Crippen LogP contribution in [0.2, 0.25) is 0 Å². The number of nitrogens with zero attached hydrogens (tertiary/aromatic N) is 4. The number of rotatable bonds is 2. The minimum atomic E-state index is 0.318. The normalized spacial score (nSPS) is 22.2. The average Bonchev–Trinajstić information content (AvgIpc) is 3.05. The summed E-state index contributed by atoms with van der Waals surface area (Å²) in [5.74, 6) is 0.941. The van der Waals surface area contributed by atoms with Crippen molar-refractivity contribution in [1.29, 1.82) is 5.26 Å². The number of ether oxygens (including phenoxy) is 1. The summed E-state index contributed by atoms with van der Waals surface area (Å²) in [6.07, 6.45) is 5.33. The van der Waals surface area contributed by atoms with Gasteiger partial charge in [0.1, 0.15) is 17.8 Å². The summed E-state index contributed by atoms with van der Waals surface area (Å²) in [7, 11) is 0. The Morgan fingerprint density at radius 1 is 1.25 bits per heavy atom. The van der Waals surface area contributed by atoms with Gasteiger partial charge in [-0.2, -0.15) is 5.26 Å². The Bertz CT molecular complexity index is 957. The molecule has 0 radical (unpaired) electrons. The molecule has 2 unspecified atom stereocenters. The molecule has 3 aliphatic heterocycles. The van der Waals surface area contributed by atoms with E-state index in [0.717, 1.165) is 47.5 Å². The molecule has 2 bridgehead atoms. The predicted molar refractivity (Wildman–Crippen MR) is 89.5 cm³/mol. The van der Waals surface area contributed by atoms with Crippen molar-refractivity contribution < 1.29 is 4.74 Å². The van der Waals surface area contributed by atoms with Crippen molar-refractivity contribution in [3.05, 3.63) is 42.4 Å². The molecule has 0 aliphatic carbocycles. The van der Waals surface area contributed by atoms with Crippen LogP contribution in [0.1, 0.15) is 12.0 Å². The zero-order valence-electron chi connectivity index (χ0n) is 12.9. The monoisotopic (exact) mass is 317 g/mol. The van der Waals surface area contributed by atoms with Crippen LogP contribution in [0.15, 0.2) is 36.8 Å². The Labute approximate surface area is 138 Å². The molecular formula is C18H15N5O. The lowest BCUT2D eigenvalue weighted by molar-refractivity contribution is -0.133. The number of anilines is 1. The number of nitrogens with one attached hydrogen (secondary N) is 1. The first-order valence-corrected chi connectivity index (χ1v) is 8.05. The van der Waals surface area contributed by atoms with Crippen LogP contribution in [-0.4, -0.2) is 40.2 Å². The fraction of sp³-hybridized carbons (Fsp3) is 0.278. The maximum atomic E-state index is 9.16. The maximum absolute atomic E-state index is 9.16. The van der Waals surface area contributed by atoms with Gasteiger partial charge in [-0.1, -0.05) is 12.1 Å². The van der Waals surface area contributed by atoms with Gasteiger partial charge in [-0.15, -0.1) is 0 Å². The van der Waals surface area contributed by atoms with E-state index in [1.165, 1.54) is 0 Å². The number of aromatic nitrogens is 3. The second kappa shape index (κ2) is 5.05. The van der Waals surface area contributed by atoms with Crippen LogP contribution >= 0.6 is 0 Å². The second-order valence-electron chi connectivity index (χ2n) is 6.34. The Hall–Kier alpha value is -2.91. The highest BCUT2D eigenvalue weighted by molar-refractivity contribution is 6.01. The molecule has 6 nitrogen and oxygen atoms in total. The number of piperidine rings is 1. The number of hydrogen-bond acceptors (Lipinski definition) is 5. The number of nitriles is 1. The molecule has 2 atom stereocenters. The summed E-state index contributed by atoms with van der Waals surface area (Å²) < 4.78 is 5.74. The number of aromatic amines is 1. The molecule has 5 heterocycles. The minimum Gasteiger partial charge on any atom is -0.371 e. The van der Waals surface area contributed by atoms with E-state index in [9.17, 15) is 0 Å². The molecule has 0 saturated carbocycles. The number of H-pyrrole nitrogens is 1. The van der Waals surface area contributed by atoms with Crippen molar-refractivity contribution in [3.63, 3.8) is 0 Å². The van der Waals surface area contributed by atoms with E-state index in [4.69, 9.17) is 10.00 Å². The van der Waals surface area contributed by atoms with Crippen LogP contribution in [0.25, 0.3) is 22.2 Å². The van der Waals surface area contributed by atoms with Gasteiger partial charge in [-0.3, -0.25) is 0 Å². The van der Waals surface area contributed by atoms with Crippen molar-refractivity contribution in [3.8, 4) is 17.2 Å². The molecule has 3 fully saturated rings. The molecule has 0 spiro atoms. The summed E-state index contributed by atoms with van der Waals surface area (Å²) in [5.41, 5.74) is 3.48. The van der Waals surface area contributed by atoms with E-state index in [1.54, 1.807) is 6.33 Å². The Balaban J connectivity index is 1.66. The largest absolute Gasteiger partial charge is 0.371 e. The van der Waals surface area contributed by atoms with Gasteiger partial charge in [0.15, 0.2) is 0 Å². The maximum Gasteiger partial charge on any atom is 0.143 e. The van der Waals surface area contributed by atoms with Crippen molar-refractivity contribution in [2.75, 3.05) is 18.0 Å². The highest BCUT2D eigenvalue weighted by Crippen LogP contribution is 2.37. The number of benzene rings is 1. The Morgan fingerprint density at radius 2 is 2.08 bits per heavy atom. The fourth-order valence-corrected chi connectivity index (χ4v) is 3.70. The Kier molecular flexibility index (Phi) is 2.84. The van der Waals surface area contributed by atoms with E-state index in [-0.39, 0.29) is 0 Å². The Morgan fingerprint density at radius 3 is 2.88 bits per heavy atom. The first kappa shape index (κ1) is 13.5. The van der Waals surface area contributed by atoms with Crippen LogP contribution in [-0.2, 0) is 4.74 Å². The number of fused-ring (bicyclic) bond motifs is 3. The van der Waals surface area contributed by atoms with Crippen LogP contribution in [0.3, 0.4) is 0 Å². The molecule has 3 aliphatic rings. The average molecular weight is 317 g/mol. The summed E-state index contributed by atoms with van der Waals surface area (Å²) >= 11 is 0. The predicted octanol–water partition coefficient (Wildman–Crippen LogP) is 2.47. The third-order valence-corrected chi connectivity index (χ3v) is 4.81. The first-order chi connectivity index (χ1) is 11.8. The summed E-state index contributed by atoms with van der Waals surface area (Å²) in [6, 6.07) is 9.82. The quantitative estimate of drug-likeness (QED) is 0.785. The van der Waals surface area contributed by atoms with Crippen molar-refractivity contribution in [2.45, 2.75) is 18.6 Å². The van der Waals surface area contributed by atoms with Gasteiger partial charge in [0.2, 0.25) is 0 Å². The van der Waals surface area contributed by atoms with Crippen LogP contribution in [0.4, 0.5) is 5.82 Å². The van der Waals surface area contributed by atoms with E-state index >= 15 is 0 Å². The molecule has 0 amide bonds. The molecule has 6 heteroatoms. The molecule has 1 aromatic carbocycles. The first-order valence-electron chi connectivity index (χ1n) is 8.05. The van der Waals surface area contributed by atoms with Crippen molar-refractivity contribution in [1.82, 2.24) is 15.0 Å². The van der Waals surface area contributed by atoms with Crippen LogP contribution in [0.5, 0.6) is 0 Å². The van der Waals surface area contributed by atoms with Crippen molar-refractivity contribution >= 4 is 16.9 Å². The van der Waals surface area contributed by atoms with Gasteiger partial charge in [0, 0.05) is 31.3 Å². The molecule has 2 aromatic heterocycles. The zero-order valence-corrected chi connectivity index (χ0v) is 12.9. The topological polar surface area (TPSA) is 77.8 Å². The third-order valence-electron chi connectivity index (χ3n) is 4.81. The van der Waals surface area contributed by atoms with Crippen LogP contribution < -0.4 is 4.90 Å².